The Morgan fingerprint density at radius 2 is 2.33 bits per heavy atom. The number of hydrogen-bond donors (Lipinski definition) is 1. The first-order chi connectivity index (χ1) is 8.85. The third-order valence-electron chi connectivity index (χ3n) is 3.15. The van der Waals surface area contributed by atoms with Gasteiger partial charge in [-0.3, -0.25) is 4.90 Å². The van der Waals surface area contributed by atoms with Crippen molar-refractivity contribution in [3.05, 3.63) is 29.8 Å². The molecule has 4 nitrogen and oxygen atoms in total. The van der Waals surface area contributed by atoms with Crippen molar-refractivity contribution in [1.82, 2.24) is 10.2 Å². The number of nitrogens with one attached hydrogen (secondary N) is 1. The lowest BCUT2D eigenvalue weighted by Crippen LogP contribution is -2.50. The normalized spacial score (nSPS) is 20.3. The average molecular weight is 245 g/mol. The van der Waals surface area contributed by atoms with Gasteiger partial charge in [0.15, 0.2) is 0 Å². The first-order valence-electron chi connectivity index (χ1n) is 6.40. The van der Waals surface area contributed by atoms with Gasteiger partial charge in [0.25, 0.3) is 0 Å². The van der Waals surface area contributed by atoms with Gasteiger partial charge in [0.2, 0.25) is 0 Å². The highest BCUT2D eigenvalue weighted by molar-refractivity contribution is 5.33. The Kier molecular flexibility index (Phi) is 4.57. The predicted molar refractivity (Wildman–Crippen MR) is 70.3 cm³/mol. The fourth-order valence-corrected chi connectivity index (χ4v) is 2.21. The molecule has 1 saturated heterocycles. The summed E-state index contributed by atoms with van der Waals surface area (Å²) in [5.41, 5.74) is 1.15. The Labute approximate surface area is 108 Å². The molecule has 0 spiro atoms. The molecule has 4 heteroatoms. The molecule has 1 unspecified atom stereocenters. The maximum Gasteiger partial charge on any atom is 0.123 e. The smallest absolute Gasteiger partial charge is 0.123 e. The van der Waals surface area contributed by atoms with Crippen molar-refractivity contribution in [1.29, 1.82) is 5.26 Å². The molecule has 0 aromatic heterocycles. The molecule has 0 bridgehead atoms. The molecule has 0 aliphatic carbocycles. The van der Waals surface area contributed by atoms with Crippen LogP contribution in [0.2, 0.25) is 0 Å². The van der Waals surface area contributed by atoms with Gasteiger partial charge < -0.3 is 10.1 Å². The topological polar surface area (TPSA) is 48.3 Å². The molecule has 1 aromatic rings. The van der Waals surface area contributed by atoms with E-state index < -0.39 is 0 Å². The summed E-state index contributed by atoms with van der Waals surface area (Å²) in [5, 5.41) is 12.4. The van der Waals surface area contributed by atoms with E-state index in [0.29, 0.717) is 6.61 Å². The minimum Gasteiger partial charge on any atom is -0.494 e. The summed E-state index contributed by atoms with van der Waals surface area (Å²) in [6, 6.07) is 10.4. The third-order valence-corrected chi connectivity index (χ3v) is 3.15. The van der Waals surface area contributed by atoms with Crippen LogP contribution < -0.4 is 10.1 Å². The summed E-state index contributed by atoms with van der Waals surface area (Å²) in [7, 11) is 0. The lowest BCUT2D eigenvalue weighted by molar-refractivity contribution is 0.186. The number of ether oxygens (including phenoxy) is 1. The first kappa shape index (κ1) is 12.9. The number of piperazine rings is 1. The van der Waals surface area contributed by atoms with E-state index >= 15 is 0 Å². The molecule has 2 rings (SSSR count). The zero-order chi connectivity index (χ0) is 12.8. The van der Waals surface area contributed by atoms with Gasteiger partial charge in [-0.15, -0.1) is 0 Å². The number of rotatable bonds is 4. The number of nitriles is 1. The van der Waals surface area contributed by atoms with E-state index in [9.17, 15) is 0 Å². The van der Waals surface area contributed by atoms with Crippen molar-refractivity contribution in [3.8, 4) is 11.8 Å². The summed E-state index contributed by atoms with van der Waals surface area (Å²) < 4.78 is 5.62. The molecule has 1 N–H and O–H groups in total. The van der Waals surface area contributed by atoms with Crippen LogP contribution in [-0.2, 0) is 6.54 Å². The Morgan fingerprint density at radius 1 is 1.50 bits per heavy atom. The van der Waals surface area contributed by atoms with Crippen LogP contribution in [0.15, 0.2) is 24.3 Å². The van der Waals surface area contributed by atoms with Crippen LogP contribution in [0, 0.1) is 11.3 Å². The SMILES string of the molecule is CCOc1ccccc1CN1CCNCC1C#N. The standard InChI is InChI=1S/C14H19N3O/c1-2-18-14-6-4-3-5-12(14)11-17-8-7-16-10-13(17)9-15/h3-6,13,16H,2,7-8,10-11H2,1H3. The van der Waals surface area contributed by atoms with Crippen molar-refractivity contribution in [2.45, 2.75) is 19.5 Å². The van der Waals surface area contributed by atoms with Crippen molar-refractivity contribution in [2.75, 3.05) is 26.2 Å². The highest BCUT2D eigenvalue weighted by atomic mass is 16.5. The van der Waals surface area contributed by atoms with E-state index in [1.54, 1.807) is 0 Å². The molecule has 1 aromatic carbocycles. The molecule has 1 aliphatic heterocycles. The van der Waals surface area contributed by atoms with E-state index in [1.165, 1.54) is 0 Å². The van der Waals surface area contributed by atoms with Crippen LogP contribution in [0.25, 0.3) is 0 Å². The second-order valence-electron chi connectivity index (χ2n) is 4.36. The van der Waals surface area contributed by atoms with Gasteiger partial charge in [-0.2, -0.15) is 5.26 Å². The quantitative estimate of drug-likeness (QED) is 0.870. The molecule has 1 heterocycles. The lowest BCUT2D eigenvalue weighted by Gasteiger charge is -2.32. The second-order valence-corrected chi connectivity index (χ2v) is 4.36. The number of hydrogen-bond acceptors (Lipinski definition) is 4. The summed E-state index contributed by atoms with van der Waals surface area (Å²) in [5.74, 6) is 0.926. The van der Waals surface area contributed by atoms with Gasteiger partial charge in [-0.25, -0.2) is 0 Å². The molecule has 1 aliphatic rings. The minimum atomic E-state index is -0.0477. The Bertz CT molecular complexity index is 427. The van der Waals surface area contributed by atoms with Gasteiger partial charge in [-0.1, -0.05) is 18.2 Å². The fourth-order valence-electron chi connectivity index (χ4n) is 2.21. The monoisotopic (exact) mass is 245 g/mol. The van der Waals surface area contributed by atoms with Gasteiger partial charge in [0.1, 0.15) is 11.8 Å². The van der Waals surface area contributed by atoms with Crippen molar-refractivity contribution in [3.63, 3.8) is 0 Å². The number of benzene rings is 1. The average Bonchev–Trinajstić information content (AvgIpc) is 2.42. The first-order valence-corrected chi connectivity index (χ1v) is 6.40. The molecule has 18 heavy (non-hydrogen) atoms. The van der Waals surface area contributed by atoms with E-state index in [-0.39, 0.29) is 6.04 Å². The van der Waals surface area contributed by atoms with Crippen LogP contribution in [0.3, 0.4) is 0 Å². The molecule has 96 valence electrons. The highest BCUT2D eigenvalue weighted by Gasteiger charge is 2.22. The molecular weight excluding hydrogens is 226 g/mol. The zero-order valence-electron chi connectivity index (χ0n) is 10.7. The zero-order valence-corrected chi connectivity index (χ0v) is 10.7. The molecule has 0 radical (unpaired) electrons. The summed E-state index contributed by atoms with van der Waals surface area (Å²) in [4.78, 5) is 2.20. The fraction of sp³-hybridized carbons (Fsp3) is 0.500. The van der Waals surface area contributed by atoms with Gasteiger partial charge in [0, 0.05) is 31.7 Å². The maximum absolute atomic E-state index is 9.15. The van der Waals surface area contributed by atoms with Crippen molar-refractivity contribution in [2.24, 2.45) is 0 Å². The summed E-state index contributed by atoms with van der Waals surface area (Å²) in [6.07, 6.45) is 0. The van der Waals surface area contributed by atoms with Gasteiger partial charge in [0.05, 0.1) is 12.7 Å². The summed E-state index contributed by atoms with van der Waals surface area (Å²) >= 11 is 0. The summed E-state index contributed by atoms with van der Waals surface area (Å²) in [6.45, 7) is 6.01. The van der Waals surface area contributed by atoms with Crippen molar-refractivity contribution < 1.29 is 4.74 Å². The minimum absolute atomic E-state index is 0.0477. The molecule has 1 fully saturated rings. The third kappa shape index (κ3) is 3.00. The van der Waals surface area contributed by atoms with Crippen LogP contribution in [0.1, 0.15) is 12.5 Å². The van der Waals surface area contributed by atoms with Gasteiger partial charge >= 0.3 is 0 Å². The van der Waals surface area contributed by atoms with Gasteiger partial charge in [-0.05, 0) is 13.0 Å². The highest BCUT2D eigenvalue weighted by Crippen LogP contribution is 2.21. The number of nitrogens with zero attached hydrogens (tertiary/aromatic N) is 2. The molecule has 0 saturated carbocycles. The number of para-hydroxylation sites is 1. The van der Waals surface area contributed by atoms with E-state index in [0.717, 1.165) is 37.5 Å². The second kappa shape index (κ2) is 6.39. The largest absolute Gasteiger partial charge is 0.494 e. The van der Waals surface area contributed by atoms with E-state index in [2.05, 4.69) is 22.4 Å². The van der Waals surface area contributed by atoms with Crippen LogP contribution >= 0.6 is 0 Å². The van der Waals surface area contributed by atoms with E-state index in [1.807, 2.05) is 25.1 Å². The molecular formula is C14H19N3O. The van der Waals surface area contributed by atoms with Crippen molar-refractivity contribution >= 4 is 0 Å². The molecule has 1 atom stereocenters. The maximum atomic E-state index is 9.15. The van der Waals surface area contributed by atoms with Crippen LogP contribution in [-0.4, -0.2) is 37.2 Å². The van der Waals surface area contributed by atoms with Crippen LogP contribution in [0.5, 0.6) is 5.75 Å². The van der Waals surface area contributed by atoms with Crippen LogP contribution in [0.4, 0.5) is 0 Å². The Hall–Kier alpha value is -1.57. The predicted octanol–water partition coefficient (Wildman–Crippen LogP) is 1.38. The lowest BCUT2D eigenvalue weighted by atomic mass is 10.1. The van der Waals surface area contributed by atoms with E-state index in [4.69, 9.17) is 10.00 Å². The Balaban J connectivity index is 2.10. The molecule has 0 amide bonds. The Morgan fingerprint density at radius 3 is 3.11 bits per heavy atom.